The van der Waals surface area contributed by atoms with E-state index in [0.717, 1.165) is 17.1 Å². The maximum atomic E-state index is 13.0. The lowest BCUT2D eigenvalue weighted by Crippen LogP contribution is -1.95. The van der Waals surface area contributed by atoms with Crippen LogP contribution in [0.3, 0.4) is 0 Å². The van der Waals surface area contributed by atoms with Crippen LogP contribution in [0.15, 0.2) is 18.2 Å². The van der Waals surface area contributed by atoms with Gasteiger partial charge >= 0.3 is 5.97 Å². The molecule has 0 amide bonds. The second kappa shape index (κ2) is 5.86. The third-order valence-electron chi connectivity index (χ3n) is 2.41. The SMILES string of the molecule is O=C(O)CCCSCc1nc2ccc(F)cc2[nH]1. The summed E-state index contributed by atoms with van der Waals surface area (Å²) in [5.41, 5.74) is 1.44. The standard InChI is InChI=1S/C12H13FN2O2S/c13-8-3-4-9-10(6-8)15-11(14-9)7-18-5-1-2-12(16)17/h3-4,6H,1-2,5,7H2,(H,14,15)(H,16,17). The number of hydrogen-bond acceptors (Lipinski definition) is 3. The second-order valence-electron chi connectivity index (χ2n) is 3.89. The van der Waals surface area contributed by atoms with E-state index in [1.54, 1.807) is 17.8 Å². The summed E-state index contributed by atoms with van der Waals surface area (Å²) in [6.07, 6.45) is 0.840. The summed E-state index contributed by atoms with van der Waals surface area (Å²) in [5.74, 6) is 1.19. The van der Waals surface area contributed by atoms with Crippen molar-refractivity contribution in [3.63, 3.8) is 0 Å². The molecule has 6 heteroatoms. The molecule has 2 rings (SSSR count). The minimum absolute atomic E-state index is 0.193. The Labute approximate surface area is 108 Å². The highest BCUT2D eigenvalue weighted by molar-refractivity contribution is 7.98. The number of benzene rings is 1. The van der Waals surface area contributed by atoms with Gasteiger partial charge in [-0.2, -0.15) is 11.8 Å². The Morgan fingerprint density at radius 3 is 3.11 bits per heavy atom. The first-order chi connectivity index (χ1) is 8.65. The van der Waals surface area contributed by atoms with E-state index < -0.39 is 5.97 Å². The highest BCUT2D eigenvalue weighted by Gasteiger charge is 2.04. The Balaban J connectivity index is 1.86. The minimum Gasteiger partial charge on any atom is -0.481 e. The lowest BCUT2D eigenvalue weighted by molar-refractivity contribution is -0.137. The van der Waals surface area contributed by atoms with Gasteiger partial charge in [-0.1, -0.05) is 0 Å². The fourth-order valence-corrected chi connectivity index (χ4v) is 2.42. The minimum atomic E-state index is -0.769. The van der Waals surface area contributed by atoms with Crippen LogP contribution in [-0.4, -0.2) is 26.8 Å². The number of imidazole rings is 1. The summed E-state index contributed by atoms with van der Waals surface area (Å²) in [4.78, 5) is 17.7. The van der Waals surface area contributed by atoms with Crippen LogP contribution in [0.2, 0.25) is 0 Å². The fourth-order valence-electron chi connectivity index (χ4n) is 1.60. The topological polar surface area (TPSA) is 66.0 Å². The second-order valence-corrected chi connectivity index (χ2v) is 5.00. The Kier molecular flexibility index (Phi) is 4.19. The number of thioether (sulfide) groups is 1. The summed E-state index contributed by atoms with van der Waals surface area (Å²) in [6, 6.07) is 4.44. The average Bonchev–Trinajstić information content (AvgIpc) is 2.70. The van der Waals surface area contributed by atoms with Gasteiger partial charge in [0.2, 0.25) is 0 Å². The molecule has 4 nitrogen and oxygen atoms in total. The summed E-state index contributed by atoms with van der Waals surface area (Å²) in [6.45, 7) is 0. The first-order valence-corrected chi connectivity index (χ1v) is 6.74. The number of nitrogens with zero attached hydrogens (tertiary/aromatic N) is 1. The van der Waals surface area contributed by atoms with Crippen LogP contribution in [0.25, 0.3) is 11.0 Å². The number of H-pyrrole nitrogens is 1. The van der Waals surface area contributed by atoms with Gasteiger partial charge in [0.1, 0.15) is 11.6 Å². The average molecular weight is 268 g/mol. The molecule has 0 aliphatic carbocycles. The molecule has 1 heterocycles. The zero-order valence-corrected chi connectivity index (χ0v) is 10.5. The normalized spacial score (nSPS) is 10.9. The number of aliphatic carboxylic acids is 1. The zero-order valence-electron chi connectivity index (χ0n) is 9.65. The van der Waals surface area contributed by atoms with E-state index in [0.29, 0.717) is 17.7 Å². The van der Waals surface area contributed by atoms with E-state index in [9.17, 15) is 9.18 Å². The molecule has 18 heavy (non-hydrogen) atoms. The van der Waals surface area contributed by atoms with Gasteiger partial charge in [0.15, 0.2) is 0 Å². The van der Waals surface area contributed by atoms with Crippen LogP contribution >= 0.6 is 11.8 Å². The van der Waals surface area contributed by atoms with Gasteiger partial charge in [0.25, 0.3) is 0 Å². The van der Waals surface area contributed by atoms with Crippen molar-refractivity contribution in [1.29, 1.82) is 0 Å². The van der Waals surface area contributed by atoms with Gasteiger partial charge in [-0.15, -0.1) is 0 Å². The van der Waals surface area contributed by atoms with Gasteiger partial charge in [0, 0.05) is 6.42 Å². The van der Waals surface area contributed by atoms with Gasteiger partial charge in [-0.05, 0) is 30.4 Å². The molecule has 1 aromatic carbocycles. The van der Waals surface area contributed by atoms with Gasteiger partial charge < -0.3 is 10.1 Å². The molecule has 0 saturated carbocycles. The van der Waals surface area contributed by atoms with Crippen LogP contribution in [0, 0.1) is 5.82 Å². The molecule has 1 aromatic heterocycles. The first-order valence-electron chi connectivity index (χ1n) is 5.59. The quantitative estimate of drug-likeness (QED) is 0.791. The smallest absolute Gasteiger partial charge is 0.303 e. The van der Waals surface area contributed by atoms with Crippen molar-refractivity contribution < 1.29 is 14.3 Å². The van der Waals surface area contributed by atoms with E-state index in [1.165, 1.54) is 12.1 Å². The third kappa shape index (κ3) is 3.46. The molecule has 2 aromatic rings. The molecule has 2 N–H and O–H groups in total. The van der Waals surface area contributed by atoms with Crippen molar-refractivity contribution in [2.24, 2.45) is 0 Å². The Morgan fingerprint density at radius 1 is 1.50 bits per heavy atom. The molecule has 0 unspecified atom stereocenters. The summed E-state index contributed by atoms with van der Waals surface area (Å²) in [5, 5.41) is 8.49. The van der Waals surface area contributed by atoms with Crippen LogP contribution in [0.4, 0.5) is 4.39 Å². The molecule has 0 spiro atoms. The molecule has 0 bridgehead atoms. The van der Waals surface area contributed by atoms with Gasteiger partial charge in [0.05, 0.1) is 16.8 Å². The Bertz CT molecular complexity index is 556. The molecule has 0 aliphatic heterocycles. The number of carbonyl (C=O) groups is 1. The molecule has 0 radical (unpaired) electrons. The third-order valence-corrected chi connectivity index (χ3v) is 3.47. The van der Waals surface area contributed by atoms with E-state index in [2.05, 4.69) is 9.97 Å². The monoisotopic (exact) mass is 268 g/mol. The number of carboxylic acids is 1. The number of hydrogen-bond donors (Lipinski definition) is 2. The number of nitrogens with one attached hydrogen (secondary N) is 1. The Morgan fingerprint density at radius 2 is 2.33 bits per heavy atom. The van der Waals surface area contributed by atoms with Crippen LogP contribution in [-0.2, 0) is 10.5 Å². The maximum Gasteiger partial charge on any atom is 0.303 e. The number of fused-ring (bicyclic) bond motifs is 1. The molecular formula is C12H13FN2O2S. The van der Waals surface area contributed by atoms with E-state index in [1.807, 2.05) is 0 Å². The van der Waals surface area contributed by atoms with Crippen molar-refractivity contribution in [3.8, 4) is 0 Å². The molecule has 0 fully saturated rings. The zero-order chi connectivity index (χ0) is 13.0. The lowest BCUT2D eigenvalue weighted by atomic mass is 10.3. The Hall–Kier alpha value is -1.56. The molecule has 96 valence electrons. The molecular weight excluding hydrogens is 255 g/mol. The highest BCUT2D eigenvalue weighted by atomic mass is 32.2. The van der Waals surface area contributed by atoms with Crippen LogP contribution in [0.5, 0.6) is 0 Å². The van der Waals surface area contributed by atoms with Crippen molar-refractivity contribution in [2.75, 3.05) is 5.75 Å². The number of rotatable bonds is 6. The number of carboxylic acid groups (broad SMARTS) is 1. The van der Waals surface area contributed by atoms with E-state index in [4.69, 9.17) is 5.11 Å². The molecule has 0 aliphatic rings. The van der Waals surface area contributed by atoms with Crippen molar-refractivity contribution in [2.45, 2.75) is 18.6 Å². The summed E-state index contributed by atoms with van der Waals surface area (Å²) in [7, 11) is 0. The number of aromatic nitrogens is 2. The largest absolute Gasteiger partial charge is 0.481 e. The molecule has 0 saturated heterocycles. The predicted molar refractivity (Wildman–Crippen MR) is 69.1 cm³/mol. The van der Waals surface area contributed by atoms with E-state index in [-0.39, 0.29) is 12.2 Å². The van der Waals surface area contributed by atoms with Gasteiger partial charge in [-0.3, -0.25) is 4.79 Å². The van der Waals surface area contributed by atoms with Crippen LogP contribution < -0.4 is 0 Å². The predicted octanol–water partition coefficient (Wildman–Crippen LogP) is 2.80. The van der Waals surface area contributed by atoms with Crippen LogP contribution in [0.1, 0.15) is 18.7 Å². The number of aromatic amines is 1. The maximum absolute atomic E-state index is 13.0. The first kappa shape index (κ1) is 12.9. The highest BCUT2D eigenvalue weighted by Crippen LogP contribution is 2.17. The fraction of sp³-hybridized carbons (Fsp3) is 0.333. The van der Waals surface area contributed by atoms with Crippen molar-refractivity contribution in [3.05, 3.63) is 29.8 Å². The van der Waals surface area contributed by atoms with Crippen molar-refractivity contribution >= 4 is 28.8 Å². The number of halogens is 1. The van der Waals surface area contributed by atoms with Gasteiger partial charge in [-0.25, -0.2) is 9.37 Å². The summed E-state index contributed by atoms with van der Waals surface area (Å²) >= 11 is 1.62. The summed E-state index contributed by atoms with van der Waals surface area (Å²) < 4.78 is 13.0. The molecule has 0 atom stereocenters. The van der Waals surface area contributed by atoms with Crippen molar-refractivity contribution in [1.82, 2.24) is 9.97 Å². The lowest BCUT2D eigenvalue weighted by Gasteiger charge is -1.96. The van der Waals surface area contributed by atoms with E-state index >= 15 is 0 Å².